The highest BCUT2D eigenvalue weighted by Crippen LogP contribution is 2.20. The van der Waals surface area contributed by atoms with Crippen LogP contribution in [0, 0.1) is 12.8 Å². The highest BCUT2D eigenvalue weighted by Gasteiger charge is 2.22. The highest BCUT2D eigenvalue weighted by atomic mass is 16.1. The lowest BCUT2D eigenvalue weighted by Crippen LogP contribution is -2.37. The predicted octanol–water partition coefficient (Wildman–Crippen LogP) is 1.51. The highest BCUT2D eigenvalue weighted by molar-refractivity contribution is 5.94. The van der Waals surface area contributed by atoms with Crippen molar-refractivity contribution in [2.45, 2.75) is 19.8 Å². The van der Waals surface area contributed by atoms with Gasteiger partial charge in [-0.3, -0.25) is 9.36 Å². The van der Waals surface area contributed by atoms with Gasteiger partial charge >= 0.3 is 0 Å². The van der Waals surface area contributed by atoms with Crippen LogP contribution in [0.15, 0.2) is 30.7 Å². The van der Waals surface area contributed by atoms with E-state index in [-0.39, 0.29) is 11.8 Å². The molecular formula is C15H19N5O. The van der Waals surface area contributed by atoms with Crippen LogP contribution in [0.1, 0.15) is 18.7 Å². The molecule has 0 unspecified atom stereocenters. The Kier molecular flexibility index (Phi) is 3.96. The molecule has 2 aromatic rings. The van der Waals surface area contributed by atoms with Gasteiger partial charge in [-0.05, 0) is 38.4 Å². The van der Waals surface area contributed by atoms with Gasteiger partial charge in [0.2, 0.25) is 5.91 Å². The average molecular weight is 285 g/mol. The Labute approximate surface area is 123 Å². The Morgan fingerprint density at radius 3 is 3.05 bits per heavy atom. The zero-order chi connectivity index (χ0) is 14.7. The first-order chi connectivity index (χ1) is 10.3. The van der Waals surface area contributed by atoms with Gasteiger partial charge in [0.1, 0.15) is 5.82 Å². The molecule has 6 nitrogen and oxygen atoms in total. The van der Waals surface area contributed by atoms with Crippen LogP contribution in [-0.4, -0.2) is 33.5 Å². The SMILES string of the molecule is Cc1nccn1-c1ncccc1NC(=O)[C@H]1CCCNC1. The summed E-state index contributed by atoms with van der Waals surface area (Å²) in [7, 11) is 0. The van der Waals surface area contributed by atoms with Crippen molar-refractivity contribution < 1.29 is 4.79 Å². The molecule has 1 fully saturated rings. The number of imidazole rings is 1. The average Bonchev–Trinajstić information content (AvgIpc) is 2.95. The minimum atomic E-state index is 0.0238. The predicted molar refractivity (Wildman–Crippen MR) is 80.3 cm³/mol. The number of piperidine rings is 1. The Morgan fingerprint density at radius 1 is 1.43 bits per heavy atom. The fourth-order valence-electron chi connectivity index (χ4n) is 2.60. The number of rotatable bonds is 3. The lowest BCUT2D eigenvalue weighted by atomic mass is 9.99. The van der Waals surface area contributed by atoms with Crippen molar-refractivity contribution in [2.75, 3.05) is 18.4 Å². The topological polar surface area (TPSA) is 71.8 Å². The maximum Gasteiger partial charge on any atom is 0.228 e. The molecule has 0 aromatic carbocycles. The molecule has 2 N–H and O–H groups in total. The van der Waals surface area contributed by atoms with Gasteiger partial charge in [0.15, 0.2) is 5.82 Å². The Morgan fingerprint density at radius 2 is 2.33 bits per heavy atom. The third-order valence-corrected chi connectivity index (χ3v) is 3.77. The fourth-order valence-corrected chi connectivity index (χ4v) is 2.60. The molecule has 3 rings (SSSR count). The zero-order valence-electron chi connectivity index (χ0n) is 12.0. The first-order valence-electron chi connectivity index (χ1n) is 7.22. The number of aromatic nitrogens is 3. The Bertz CT molecular complexity index is 630. The standard InChI is InChI=1S/C15H19N5O/c1-11-17-8-9-20(11)14-13(5-3-7-18-14)19-15(21)12-4-2-6-16-10-12/h3,5,7-9,12,16H,2,4,6,10H2,1H3,(H,19,21)/t12-/m0/s1. The Balaban J connectivity index is 1.82. The van der Waals surface area contributed by atoms with Gasteiger partial charge in [-0.1, -0.05) is 0 Å². The van der Waals surface area contributed by atoms with Crippen molar-refractivity contribution in [3.05, 3.63) is 36.5 Å². The molecule has 0 aliphatic carbocycles. The number of pyridine rings is 1. The summed E-state index contributed by atoms with van der Waals surface area (Å²) < 4.78 is 1.87. The lowest BCUT2D eigenvalue weighted by molar-refractivity contribution is -0.120. The molecule has 1 aliphatic heterocycles. The molecule has 2 aromatic heterocycles. The van der Waals surface area contributed by atoms with E-state index in [1.165, 1.54) is 0 Å². The van der Waals surface area contributed by atoms with Crippen LogP contribution < -0.4 is 10.6 Å². The van der Waals surface area contributed by atoms with Crippen molar-refractivity contribution in [1.29, 1.82) is 0 Å². The summed E-state index contributed by atoms with van der Waals surface area (Å²) in [5.74, 6) is 1.61. The second-order valence-corrected chi connectivity index (χ2v) is 5.25. The molecule has 0 radical (unpaired) electrons. The molecule has 0 bridgehead atoms. The van der Waals surface area contributed by atoms with Crippen molar-refractivity contribution in [3.8, 4) is 5.82 Å². The number of amides is 1. The van der Waals surface area contributed by atoms with E-state index in [0.717, 1.165) is 31.8 Å². The van der Waals surface area contributed by atoms with Gasteiger partial charge in [0.05, 0.1) is 11.6 Å². The van der Waals surface area contributed by atoms with Crippen LogP contribution in [-0.2, 0) is 4.79 Å². The number of carbonyl (C=O) groups is 1. The van der Waals surface area contributed by atoms with E-state index in [1.807, 2.05) is 29.8 Å². The second-order valence-electron chi connectivity index (χ2n) is 5.25. The molecule has 1 saturated heterocycles. The zero-order valence-corrected chi connectivity index (χ0v) is 12.0. The van der Waals surface area contributed by atoms with Crippen molar-refractivity contribution in [3.63, 3.8) is 0 Å². The number of aryl methyl sites for hydroxylation is 1. The van der Waals surface area contributed by atoms with Crippen LogP contribution >= 0.6 is 0 Å². The minimum Gasteiger partial charge on any atom is -0.323 e. The van der Waals surface area contributed by atoms with Crippen LogP contribution in [0.3, 0.4) is 0 Å². The molecule has 110 valence electrons. The van der Waals surface area contributed by atoms with Gasteiger partial charge in [0, 0.05) is 25.1 Å². The minimum absolute atomic E-state index is 0.0238. The van der Waals surface area contributed by atoms with E-state index >= 15 is 0 Å². The third-order valence-electron chi connectivity index (χ3n) is 3.77. The smallest absolute Gasteiger partial charge is 0.228 e. The first-order valence-corrected chi connectivity index (χ1v) is 7.22. The normalized spacial score (nSPS) is 18.4. The molecule has 1 atom stereocenters. The summed E-state index contributed by atoms with van der Waals surface area (Å²) >= 11 is 0. The number of anilines is 1. The number of hydrogen-bond donors (Lipinski definition) is 2. The van der Waals surface area contributed by atoms with E-state index in [9.17, 15) is 4.79 Å². The summed E-state index contributed by atoms with van der Waals surface area (Å²) in [6.45, 7) is 3.65. The number of hydrogen-bond acceptors (Lipinski definition) is 4. The molecular weight excluding hydrogens is 266 g/mol. The van der Waals surface area contributed by atoms with Crippen LogP contribution in [0.25, 0.3) is 5.82 Å². The third kappa shape index (κ3) is 2.95. The van der Waals surface area contributed by atoms with Gasteiger partial charge in [-0.15, -0.1) is 0 Å². The summed E-state index contributed by atoms with van der Waals surface area (Å²) in [6, 6.07) is 3.69. The Hall–Kier alpha value is -2.21. The van der Waals surface area contributed by atoms with E-state index in [4.69, 9.17) is 0 Å². The van der Waals surface area contributed by atoms with E-state index < -0.39 is 0 Å². The summed E-state index contributed by atoms with van der Waals surface area (Å²) in [4.78, 5) is 20.9. The maximum atomic E-state index is 12.4. The summed E-state index contributed by atoms with van der Waals surface area (Å²) in [5, 5.41) is 6.27. The summed E-state index contributed by atoms with van der Waals surface area (Å²) in [6.07, 6.45) is 7.25. The summed E-state index contributed by atoms with van der Waals surface area (Å²) in [5.41, 5.74) is 0.717. The second kappa shape index (κ2) is 6.05. The van der Waals surface area contributed by atoms with Gasteiger partial charge in [-0.2, -0.15) is 0 Å². The van der Waals surface area contributed by atoms with Crippen molar-refractivity contribution >= 4 is 11.6 Å². The fraction of sp³-hybridized carbons (Fsp3) is 0.400. The molecule has 1 aliphatic rings. The first kappa shape index (κ1) is 13.8. The number of carbonyl (C=O) groups excluding carboxylic acids is 1. The lowest BCUT2D eigenvalue weighted by Gasteiger charge is -2.22. The van der Waals surface area contributed by atoms with Crippen LogP contribution in [0.2, 0.25) is 0 Å². The van der Waals surface area contributed by atoms with Gasteiger partial charge in [-0.25, -0.2) is 9.97 Å². The quantitative estimate of drug-likeness (QED) is 0.897. The van der Waals surface area contributed by atoms with Gasteiger partial charge < -0.3 is 10.6 Å². The molecule has 3 heterocycles. The molecule has 1 amide bonds. The van der Waals surface area contributed by atoms with E-state index in [1.54, 1.807) is 12.4 Å². The monoisotopic (exact) mass is 285 g/mol. The number of nitrogens with one attached hydrogen (secondary N) is 2. The molecule has 0 saturated carbocycles. The molecule has 0 spiro atoms. The van der Waals surface area contributed by atoms with Crippen molar-refractivity contribution in [1.82, 2.24) is 19.9 Å². The van der Waals surface area contributed by atoms with E-state index in [0.29, 0.717) is 11.5 Å². The largest absolute Gasteiger partial charge is 0.323 e. The number of nitrogens with zero attached hydrogens (tertiary/aromatic N) is 3. The molecule has 6 heteroatoms. The maximum absolute atomic E-state index is 12.4. The van der Waals surface area contributed by atoms with Crippen LogP contribution in [0.5, 0.6) is 0 Å². The van der Waals surface area contributed by atoms with E-state index in [2.05, 4.69) is 20.6 Å². The van der Waals surface area contributed by atoms with Crippen molar-refractivity contribution in [2.24, 2.45) is 5.92 Å². The molecule has 21 heavy (non-hydrogen) atoms. The van der Waals surface area contributed by atoms with Crippen LogP contribution in [0.4, 0.5) is 5.69 Å². The van der Waals surface area contributed by atoms with Gasteiger partial charge in [0.25, 0.3) is 0 Å².